The summed E-state index contributed by atoms with van der Waals surface area (Å²) in [6.07, 6.45) is 5.73. The lowest BCUT2D eigenvalue weighted by atomic mass is 10.0. The molecular weight excluding hydrogens is 296 g/mol. The number of benzene rings is 1. The van der Waals surface area contributed by atoms with Crippen LogP contribution in [-0.2, 0) is 6.42 Å². The Morgan fingerprint density at radius 2 is 2.14 bits per heavy atom. The van der Waals surface area contributed by atoms with E-state index in [1.54, 1.807) is 10.7 Å². The van der Waals surface area contributed by atoms with Crippen molar-refractivity contribution in [1.29, 1.82) is 5.26 Å². The molecule has 1 fully saturated rings. The molecule has 0 N–H and O–H groups in total. The molecule has 1 aliphatic rings. The molecule has 1 saturated carbocycles. The number of nitriles is 1. The number of hydrogen-bond donors (Lipinski definition) is 0. The molecule has 1 aliphatic carbocycles. The van der Waals surface area contributed by atoms with Gasteiger partial charge in [-0.1, -0.05) is 23.7 Å². The van der Waals surface area contributed by atoms with Crippen LogP contribution in [0.5, 0.6) is 0 Å². The zero-order chi connectivity index (χ0) is 15.1. The van der Waals surface area contributed by atoms with Crippen LogP contribution in [0.15, 0.2) is 42.7 Å². The van der Waals surface area contributed by atoms with Crippen molar-refractivity contribution in [2.24, 2.45) is 5.92 Å². The van der Waals surface area contributed by atoms with Gasteiger partial charge in [0.1, 0.15) is 5.15 Å². The van der Waals surface area contributed by atoms with Gasteiger partial charge in [-0.25, -0.2) is 9.50 Å². The number of hydrogen-bond acceptors (Lipinski definition) is 3. The predicted octanol–water partition coefficient (Wildman–Crippen LogP) is 3.60. The third-order valence-electron chi connectivity index (χ3n) is 4.26. The molecule has 2 aromatic heterocycles. The standard InChI is InChI=1S/C17H13ClN4/c18-16-9-15(17-20-5-6-22(17)21-16)14-8-13(14)7-11-1-3-12(10-19)4-2-11/h1-6,9,13-14H,7-8H2/t13-,14-/m0/s1. The van der Waals surface area contributed by atoms with Crippen molar-refractivity contribution >= 4 is 17.2 Å². The van der Waals surface area contributed by atoms with E-state index in [2.05, 4.69) is 16.2 Å². The summed E-state index contributed by atoms with van der Waals surface area (Å²) >= 11 is 6.10. The highest BCUT2D eigenvalue weighted by molar-refractivity contribution is 6.29. The van der Waals surface area contributed by atoms with Crippen molar-refractivity contribution in [3.63, 3.8) is 0 Å². The van der Waals surface area contributed by atoms with Crippen LogP contribution in [0.2, 0.25) is 5.15 Å². The van der Waals surface area contributed by atoms with Crippen molar-refractivity contribution in [3.05, 3.63) is 64.6 Å². The highest BCUT2D eigenvalue weighted by atomic mass is 35.5. The van der Waals surface area contributed by atoms with E-state index in [-0.39, 0.29) is 0 Å². The molecule has 108 valence electrons. The average Bonchev–Trinajstić information content (AvgIpc) is 3.12. The van der Waals surface area contributed by atoms with Gasteiger partial charge in [0.2, 0.25) is 0 Å². The first-order valence-electron chi connectivity index (χ1n) is 7.23. The van der Waals surface area contributed by atoms with Gasteiger partial charge in [0.05, 0.1) is 11.6 Å². The number of imidazole rings is 1. The monoisotopic (exact) mass is 308 g/mol. The molecule has 3 aromatic rings. The van der Waals surface area contributed by atoms with E-state index >= 15 is 0 Å². The fourth-order valence-corrected chi connectivity index (χ4v) is 3.25. The Labute approximate surface area is 133 Å². The first kappa shape index (κ1) is 13.3. The Hall–Kier alpha value is -2.38. The molecule has 1 aromatic carbocycles. The molecular formula is C17H13ClN4. The van der Waals surface area contributed by atoms with Crippen molar-refractivity contribution in [1.82, 2.24) is 14.6 Å². The van der Waals surface area contributed by atoms with Crippen LogP contribution in [0.1, 0.15) is 29.0 Å². The molecule has 0 spiro atoms. The number of fused-ring (bicyclic) bond motifs is 1. The summed E-state index contributed by atoms with van der Waals surface area (Å²) in [4.78, 5) is 4.39. The van der Waals surface area contributed by atoms with Crippen molar-refractivity contribution in [2.75, 3.05) is 0 Å². The van der Waals surface area contributed by atoms with Crippen molar-refractivity contribution in [3.8, 4) is 6.07 Å². The summed E-state index contributed by atoms with van der Waals surface area (Å²) < 4.78 is 1.74. The van der Waals surface area contributed by atoms with Crippen LogP contribution in [0.3, 0.4) is 0 Å². The molecule has 4 nitrogen and oxygen atoms in total. The van der Waals surface area contributed by atoms with Crippen LogP contribution >= 0.6 is 11.6 Å². The second-order valence-electron chi connectivity index (χ2n) is 5.73. The Morgan fingerprint density at radius 1 is 1.32 bits per heavy atom. The Kier molecular flexibility index (Phi) is 3.09. The third-order valence-corrected chi connectivity index (χ3v) is 4.45. The summed E-state index contributed by atoms with van der Waals surface area (Å²) in [5.74, 6) is 1.09. The number of halogens is 1. The normalized spacial score (nSPS) is 20.0. The van der Waals surface area contributed by atoms with E-state index in [0.717, 1.165) is 18.5 Å². The minimum Gasteiger partial charge on any atom is -0.235 e. The Morgan fingerprint density at radius 3 is 2.91 bits per heavy atom. The third kappa shape index (κ3) is 2.34. The quantitative estimate of drug-likeness (QED) is 0.743. The summed E-state index contributed by atoms with van der Waals surface area (Å²) in [5.41, 5.74) is 4.06. The number of aromatic nitrogens is 3. The number of rotatable bonds is 3. The zero-order valence-corrected chi connectivity index (χ0v) is 12.5. The maximum atomic E-state index is 8.84. The first-order valence-corrected chi connectivity index (χ1v) is 7.61. The molecule has 22 heavy (non-hydrogen) atoms. The lowest BCUT2D eigenvalue weighted by Crippen LogP contribution is -1.97. The molecule has 0 radical (unpaired) electrons. The number of nitrogens with zero attached hydrogens (tertiary/aromatic N) is 4. The molecule has 0 amide bonds. The van der Waals surface area contributed by atoms with E-state index in [0.29, 0.717) is 22.6 Å². The second-order valence-corrected chi connectivity index (χ2v) is 6.12. The van der Waals surface area contributed by atoms with Gasteiger partial charge >= 0.3 is 0 Å². The molecule has 2 atom stereocenters. The minimum atomic E-state index is 0.487. The molecule has 0 unspecified atom stereocenters. The molecule has 5 heteroatoms. The van der Waals surface area contributed by atoms with E-state index in [4.69, 9.17) is 16.9 Å². The van der Waals surface area contributed by atoms with Crippen LogP contribution in [-0.4, -0.2) is 14.6 Å². The van der Waals surface area contributed by atoms with Crippen LogP contribution in [0.25, 0.3) is 5.65 Å². The van der Waals surface area contributed by atoms with Crippen molar-refractivity contribution in [2.45, 2.75) is 18.8 Å². The van der Waals surface area contributed by atoms with Crippen LogP contribution < -0.4 is 0 Å². The molecule has 0 saturated heterocycles. The van der Waals surface area contributed by atoms with E-state index in [9.17, 15) is 0 Å². The minimum absolute atomic E-state index is 0.487. The SMILES string of the molecule is N#Cc1ccc(C[C@H]2C[C@@H]2c2cc(Cl)nn3ccnc23)cc1. The highest BCUT2D eigenvalue weighted by Gasteiger charge is 2.39. The Balaban J connectivity index is 1.56. The summed E-state index contributed by atoms with van der Waals surface area (Å²) in [6, 6.07) is 11.9. The fourth-order valence-electron chi connectivity index (χ4n) is 3.05. The van der Waals surface area contributed by atoms with Gasteiger partial charge in [-0.15, -0.1) is 0 Å². The highest BCUT2D eigenvalue weighted by Crippen LogP contribution is 2.50. The Bertz CT molecular complexity index is 876. The van der Waals surface area contributed by atoms with Gasteiger partial charge in [-0.3, -0.25) is 0 Å². The first-order chi connectivity index (χ1) is 10.7. The summed E-state index contributed by atoms with van der Waals surface area (Å²) in [7, 11) is 0. The molecule has 0 aliphatic heterocycles. The molecule has 0 bridgehead atoms. The van der Waals surface area contributed by atoms with Gasteiger partial charge in [0, 0.05) is 18.0 Å². The summed E-state index contributed by atoms with van der Waals surface area (Å²) in [5, 5.41) is 13.6. The van der Waals surface area contributed by atoms with E-state index < -0.39 is 0 Å². The van der Waals surface area contributed by atoms with Crippen molar-refractivity contribution < 1.29 is 0 Å². The topological polar surface area (TPSA) is 54.0 Å². The average molecular weight is 309 g/mol. The molecule has 2 heterocycles. The van der Waals surface area contributed by atoms with E-state index in [1.165, 1.54) is 11.1 Å². The fraction of sp³-hybridized carbons (Fsp3) is 0.235. The molecule has 4 rings (SSSR count). The maximum Gasteiger partial charge on any atom is 0.157 e. The summed E-state index contributed by atoms with van der Waals surface area (Å²) in [6.45, 7) is 0. The maximum absolute atomic E-state index is 8.84. The van der Waals surface area contributed by atoms with Gasteiger partial charge < -0.3 is 0 Å². The lowest BCUT2D eigenvalue weighted by Gasteiger charge is -2.04. The zero-order valence-electron chi connectivity index (χ0n) is 11.8. The van der Waals surface area contributed by atoms with Gasteiger partial charge in [-0.05, 0) is 48.4 Å². The van der Waals surface area contributed by atoms with E-state index in [1.807, 2.05) is 36.5 Å². The predicted molar refractivity (Wildman–Crippen MR) is 83.7 cm³/mol. The second kappa shape index (κ2) is 5.11. The van der Waals surface area contributed by atoms with Crippen LogP contribution in [0, 0.1) is 17.2 Å². The van der Waals surface area contributed by atoms with Crippen LogP contribution in [0.4, 0.5) is 0 Å². The lowest BCUT2D eigenvalue weighted by molar-refractivity contribution is 0.790. The smallest absolute Gasteiger partial charge is 0.157 e. The van der Waals surface area contributed by atoms with Gasteiger partial charge in [-0.2, -0.15) is 10.4 Å². The van der Waals surface area contributed by atoms with Gasteiger partial charge in [0.25, 0.3) is 0 Å². The van der Waals surface area contributed by atoms with Gasteiger partial charge in [0.15, 0.2) is 5.65 Å². The largest absolute Gasteiger partial charge is 0.235 e.